The molecule has 108 valence electrons. The van der Waals surface area contributed by atoms with Crippen LogP contribution < -0.4 is 0 Å². The molecule has 1 aliphatic heterocycles. The van der Waals surface area contributed by atoms with E-state index >= 15 is 0 Å². The van der Waals surface area contributed by atoms with Crippen molar-refractivity contribution in [1.29, 1.82) is 0 Å². The van der Waals surface area contributed by atoms with Gasteiger partial charge in [-0.1, -0.05) is 0 Å². The van der Waals surface area contributed by atoms with Crippen molar-refractivity contribution in [2.24, 2.45) is 5.92 Å². The molecule has 0 radical (unpaired) electrons. The number of aliphatic carboxylic acids is 1. The third-order valence-corrected chi connectivity index (χ3v) is 4.37. The summed E-state index contributed by atoms with van der Waals surface area (Å²) in [4.78, 5) is 25.0. The fraction of sp³-hybridized carbons (Fsp3) is 0.846. The molecule has 19 heavy (non-hydrogen) atoms. The summed E-state index contributed by atoms with van der Waals surface area (Å²) >= 11 is 0. The smallest absolute Gasteiger partial charge is 0.329 e. The van der Waals surface area contributed by atoms with Crippen molar-refractivity contribution in [3.63, 3.8) is 0 Å². The Labute approximate surface area is 110 Å². The molecule has 1 N–H and O–H groups in total. The summed E-state index contributed by atoms with van der Waals surface area (Å²) in [6.45, 7) is 1.86. The maximum absolute atomic E-state index is 13.2. The molecule has 0 spiro atoms. The van der Waals surface area contributed by atoms with Gasteiger partial charge in [0.25, 0.3) is 0 Å². The number of amides is 1. The molecule has 4 nitrogen and oxygen atoms in total. The summed E-state index contributed by atoms with van der Waals surface area (Å²) in [5, 5.41) is 9.32. The van der Waals surface area contributed by atoms with Gasteiger partial charge in [0.2, 0.25) is 11.8 Å². The molecule has 6 heteroatoms. The lowest BCUT2D eigenvalue weighted by molar-refractivity contribution is -0.163. The fourth-order valence-electron chi connectivity index (χ4n) is 3.08. The quantitative estimate of drug-likeness (QED) is 0.841. The fourth-order valence-corrected chi connectivity index (χ4v) is 3.08. The van der Waals surface area contributed by atoms with E-state index in [0.717, 1.165) is 12.8 Å². The summed E-state index contributed by atoms with van der Waals surface area (Å²) in [7, 11) is 0. The van der Waals surface area contributed by atoms with Crippen LogP contribution in [-0.2, 0) is 9.59 Å². The van der Waals surface area contributed by atoms with E-state index in [1.807, 2.05) is 0 Å². The van der Waals surface area contributed by atoms with Crippen molar-refractivity contribution in [3.05, 3.63) is 0 Å². The summed E-state index contributed by atoms with van der Waals surface area (Å²) in [5.74, 6) is -4.98. The third kappa shape index (κ3) is 2.58. The lowest BCUT2D eigenvalue weighted by atomic mass is 9.87. The predicted octanol–water partition coefficient (Wildman–Crippen LogP) is 2.28. The van der Waals surface area contributed by atoms with Crippen LogP contribution in [0.2, 0.25) is 0 Å². The van der Waals surface area contributed by atoms with Crippen LogP contribution in [0.1, 0.15) is 45.4 Å². The van der Waals surface area contributed by atoms with Gasteiger partial charge < -0.3 is 10.0 Å². The standard InChI is InChI=1S/C13H19F2NO3/c1-12(11(18)19)5-2-3-7-16(12)10(17)9-4-6-13(14,15)8-9/h9H,2-8H2,1H3,(H,18,19). The molecule has 2 fully saturated rings. The molecular formula is C13H19F2NO3. The summed E-state index contributed by atoms with van der Waals surface area (Å²) in [5.41, 5.74) is -1.24. The molecule has 2 atom stereocenters. The second-order valence-corrected chi connectivity index (χ2v) is 5.82. The number of likely N-dealkylation sites (tertiary alicyclic amines) is 1. The van der Waals surface area contributed by atoms with Crippen LogP contribution in [0, 0.1) is 5.92 Å². The van der Waals surface area contributed by atoms with E-state index in [2.05, 4.69) is 0 Å². The molecule has 1 saturated heterocycles. The number of alkyl halides is 2. The zero-order valence-corrected chi connectivity index (χ0v) is 11.0. The average Bonchev–Trinajstić information content (AvgIpc) is 2.69. The van der Waals surface area contributed by atoms with Gasteiger partial charge in [-0.3, -0.25) is 4.79 Å². The zero-order chi connectivity index (χ0) is 14.3. The highest BCUT2D eigenvalue weighted by Crippen LogP contribution is 2.41. The van der Waals surface area contributed by atoms with Crippen molar-refractivity contribution in [3.8, 4) is 0 Å². The second kappa shape index (κ2) is 4.72. The van der Waals surface area contributed by atoms with E-state index in [4.69, 9.17) is 0 Å². The summed E-state index contributed by atoms with van der Waals surface area (Å²) in [6, 6.07) is 0. The molecule has 0 bridgehead atoms. The molecule has 1 amide bonds. The number of hydrogen-bond donors (Lipinski definition) is 1. The molecule has 1 aliphatic carbocycles. The van der Waals surface area contributed by atoms with Gasteiger partial charge >= 0.3 is 5.97 Å². The summed E-state index contributed by atoms with van der Waals surface area (Å²) < 4.78 is 26.4. The van der Waals surface area contributed by atoms with E-state index in [0.29, 0.717) is 13.0 Å². The van der Waals surface area contributed by atoms with E-state index in [9.17, 15) is 23.5 Å². The minimum Gasteiger partial charge on any atom is -0.480 e. The van der Waals surface area contributed by atoms with Gasteiger partial charge in [-0.15, -0.1) is 0 Å². The van der Waals surface area contributed by atoms with Crippen LogP contribution in [0.4, 0.5) is 8.78 Å². The molecular weight excluding hydrogens is 256 g/mol. The first-order valence-electron chi connectivity index (χ1n) is 6.69. The van der Waals surface area contributed by atoms with Crippen molar-refractivity contribution < 1.29 is 23.5 Å². The number of carboxylic acid groups (broad SMARTS) is 1. The largest absolute Gasteiger partial charge is 0.480 e. The van der Waals surface area contributed by atoms with Gasteiger partial charge in [0.05, 0.1) is 0 Å². The Hall–Kier alpha value is -1.20. The van der Waals surface area contributed by atoms with Gasteiger partial charge in [-0.25, -0.2) is 13.6 Å². The number of nitrogens with zero attached hydrogens (tertiary/aromatic N) is 1. The summed E-state index contributed by atoms with van der Waals surface area (Å²) in [6.07, 6.45) is 1.29. The highest BCUT2D eigenvalue weighted by atomic mass is 19.3. The first kappa shape index (κ1) is 14.2. The van der Waals surface area contributed by atoms with Crippen LogP contribution in [0.3, 0.4) is 0 Å². The highest BCUT2D eigenvalue weighted by Gasteiger charge is 2.49. The lowest BCUT2D eigenvalue weighted by Crippen LogP contribution is -2.58. The maximum atomic E-state index is 13.2. The first-order valence-corrected chi connectivity index (χ1v) is 6.69. The third-order valence-electron chi connectivity index (χ3n) is 4.37. The number of piperidine rings is 1. The molecule has 2 aliphatic rings. The monoisotopic (exact) mass is 275 g/mol. The van der Waals surface area contributed by atoms with Crippen LogP contribution >= 0.6 is 0 Å². The van der Waals surface area contributed by atoms with E-state index in [-0.39, 0.29) is 12.8 Å². The van der Waals surface area contributed by atoms with E-state index in [1.165, 1.54) is 11.8 Å². The van der Waals surface area contributed by atoms with Crippen LogP contribution in [0.15, 0.2) is 0 Å². The average molecular weight is 275 g/mol. The van der Waals surface area contributed by atoms with Crippen molar-refractivity contribution in [2.45, 2.75) is 56.9 Å². The Bertz CT molecular complexity index is 399. The van der Waals surface area contributed by atoms with E-state index in [1.54, 1.807) is 0 Å². The Balaban J connectivity index is 2.15. The number of carbonyl (C=O) groups excluding carboxylic acids is 1. The van der Waals surface area contributed by atoms with Crippen LogP contribution in [-0.4, -0.2) is 39.9 Å². The van der Waals surface area contributed by atoms with E-state index < -0.39 is 35.7 Å². The second-order valence-electron chi connectivity index (χ2n) is 5.82. The molecule has 1 heterocycles. The lowest BCUT2D eigenvalue weighted by Gasteiger charge is -2.42. The number of rotatable bonds is 2. The van der Waals surface area contributed by atoms with Crippen molar-refractivity contribution >= 4 is 11.9 Å². The minimum absolute atomic E-state index is 0.151. The number of carbonyl (C=O) groups is 2. The van der Waals surface area contributed by atoms with Crippen LogP contribution in [0.5, 0.6) is 0 Å². The normalized spacial score (nSPS) is 34.3. The SMILES string of the molecule is CC1(C(=O)O)CCCCN1C(=O)C1CCC(F)(F)C1. The van der Waals surface area contributed by atoms with Crippen LogP contribution in [0.25, 0.3) is 0 Å². The zero-order valence-electron chi connectivity index (χ0n) is 11.0. The van der Waals surface area contributed by atoms with Gasteiger partial charge in [0.1, 0.15) is 5.54 Å². The van der Waals surface area contributed by atoms with Gasteiger partial charge in [-0.05, 0) is 32.6 Å². The van der Waals surface area contributed by atoms with Gasteiger partial charge in [0.15, 0.2) is 0 Å². The molecule has 0 aromatic rings. The Kier molecular flexibility index (Phi) is 3.53. The Morgan fingerprint density at radius 2 is 1.95 bits per heavy atom. The number of hydrogen-bond acceptors (Lipinski definition) is 2. The Morgan fingerprint density at radius 1 is 1.26 bits per heavy atom. The van der Waals surface area contributed by atoms with Crippen molar-refractivity contribution in [1.82, 2.24) is 4.90 Å². The molecule has 2 rings (SSSR count). The van der Waals surface area contributed by atoms with Crippen molar-refractivity contribution in [2.75, 3.05) is 6.54 Å². The van der Waals surface area contributed by atoms with Gasteiger partial charge in [0, 0.05) is 25.3 Å². The molecule has 0 aromatic carbocycles. The Morgan fingerprint density at radius 3 is 2.47 bits per heavy atom. The topological polar surface area (TPSA) is 57.6 Å². The molecule has 2 unspecified atom stereocenters. The maximum Gasteiger partial charge on any atom is 0.329 e. The highest BCUT2D eigenvalue weighted by molar-refractivity contribution is 5.88. The predicted molar refractivity (Wildman–Crippen MR) is 63.9 cm³/mol. The molecule has 1 saturated carbocycles. The van der Waals surface area contributed by atoms with Gasteiger partial charge in [-0.2, -0.15) is 0 Å². The number of halogens is 2. The first-order chi connectivity index (χ1) is 8.76. The molecule has 0 aromatic heterocycles. The minimum atomic E-state index is -2.78. The number of carboxylic acids is 1.